The average Bonchev–Trinajstić information content (AvgIpc) is 2.64. The van der Waals surface area contributed by atoms with Crippen molar-refractivity contribution < 1.29 is 35.9 Å². The van der Waals surface area contributed by atoms with Crippen molar-refractivity contribution in [2.45, 2.75) is 25.2 Å². The maximum absolute atomic E-state index is 13.5. The largest absolute Gasteiger partial charge is 0.465 e. The van der Waals surface area contributed by atoms with Crippen LogP contribution in [0.3, 0.4) is 0 Å². The lowest BCUT2D eigenvalue weighted by Gasteiger charge is -2.23. The van der Waals surface area contributed by atoms with Gasteiger partial charge in [0, 0.05) is 0 Å². The number of allylic oxidation sites excluding steroid dienone is 1. The van der Waals surface area contributed by atoms with E-state index in [0.717, 1.165) is 6.07 Å². The van der Waals surface area contributed by atoms with Gasteiger partial charge in [-0.05, 0) is 59.4 Å². The first-order chi connectivity index (χ1) is 13.0. The van der Waals surface area contributed by atoms with E-state index in [1.54, 1.807) is 12.1 Å². The van der Waals surface area contributed by atoms with E-state index in [1.807, 2.05) is 0 Å². The molecular formula is C20H14F6O2. The second-order valence-electron chi connectivity index (χ2n) is 6.28. The molecule has 0 heterocycles. The Bertz CT molecular complexity index is 954. The van der Waals surface area contributed by atoms with Crippen molar-refractivity contribution in [2.75, 3.05) is 7.11 Å². The van der Waals surface area contributed by atoms with E-state index in [1.165, 1.54) is 19.2 Å². The number of hydrogen-bond acceptors (Lipinski definition) is 2. The molecule has 0 bridgehead atoms. The van der Waals surface area contributed by atoms with Crippen molar-refractivity contribution in [3.8, 4) is 0 Å². The number of hydrogen-bond donors (Lipinski definition) is 0. The molecule has 0 amide bonds. The SMILES string of the molecule is COC(=O)c1ccc2c(c1)C(c1ccc(C(F)(F)F)cc1C(F)(F)F)=CCC2. The molecule has 8 heteroatoms. The molecule has 0 aliphatic heterocycles. The van der Waals surface area contributed by atoms with Gasteiger partial charge in [-0.1, -0.05) is 18.2 Å². The van der Waals surface area contributed by atoms with Crippen LogP contribution in [0.2, 0.25) is 0 Å². The Morgan fingerprint density at radius 1 is 0.929 bits per heavy atom. The first-order valence-corrected chi connectivity index (χ1v) is 8.23. The van der Waals surface area contributed by atoms with Crippen molar-refractivity contribution in [1.82, 2.24) is 0 Å². The fourth-order valence-electron chi connectivity index (χ4n) is 3.22. The van der Waals surface area contributed by atoms with Gasteiger partial charge in [0.15, 0.2) is 0 Å². The summed E-state index contributed by atoms with van der Waals surface area (Å²) in [6, 6.07) is 6.11. The van der Waals surface area contributed by atoms with Gasteiger partial charge >= 0.3 is 18.3 Å². The van der Waals surface area contributed by atoms with Crippen LogP contribution in [0.1, 0.15) is 44.6 Å². The number of carbonyl (C=O) groups is 1. The van der Waals surface area contributed by atoms with Crippen LogP contribution in [-0.2, 0) is 23.5 Å². The lowest BCUT2D eigenvalue weighted by Crippen LogP contribution is -2.15. The number of alkyl halides is 6. The molecule has 0 N–H and O–H groups in total. The van der Waals surface area contributed by atoms with Crippen molar-refractivity contribution >= 4 is 11.5 Å². The average molecular weight is 400 g/mol. The molecule has 0 radical (unpaired) electrons. The van der Waals surface area contributed by atoms with Crippen molar-refractivity contribution in [2.24, 2.45) is 0 Å². The molecule has 0 saturated heterocycles. The van der Waals surface area contributed by atoms with E-state index in [0.29, 0.717) is 30.0 Å². The first-order valence-electron chi connectivity index (χ1n) is 8.23. The normalized spacial score (nSPS) is 14.3. The summed E-state index contributed by atoms with van der Waals surface area (Å²) in [6.45, 7) is 0. The van der Waals surface area contributed by atoms with Gasteiger partial charge in [0.2, 0.25) is 0 Å². The summed E-state index contributed by atoms with van der Waals surface area (Å²) in [5, 5.41) is 0. The Morgan fingerprint density at radius 3 is 2.25 bits per heavy atom. The molecule has 28 heavy (non-hydrogen) atoms. The van der Waals surface area contributed by atoms with Crippen LogP contribution in [-0.4, -0.2) is 13.1 Å². The zero-order valence-electron chi connectivity index (χ0n) is 14.5. The third kappa shape index (κ3) is 3.76. The Morgan fingerprint density at radius 2 is 1.64 bits per heavy atom. The molecule has 0 saturated carbocycles. The van der Waals surface area contributed by atoms with E-state index >= 15 is 0 Å². The lowest BCUT2D eigenvalue weighted by molar-refractivity contribution is -0.143. The fourth-order valence-corrected chi connectivity index (χ4v) is 3.22. The van der Waals surface area contributed by atoms with E-state index in [2.05, 4.69) is 4.74 Å². The van der Waals surface area contributed by atoms with E-state index in [9.17, 15) is 31.1 Å². The molecule has 0 spiro atoms. The van der Waals surface area contributed by atoms with Crippen LogP contribution in [0.25, 0.3) is 5.57 Å². The molecule has 148 valence electrons. The number of fused-ring (bicyclic) bond motifs is 1. The summed E-state index contributed by atoms with van der Waals surface area (Å²) < 4.78 is 84.0. The first kappa shape index (κ1) is 20.0. The number of benzene rings is 2. The van der Waals surface area contributed by atoms with E-state index in [-0.39, 0.29) is 22.8 Å². The highest BCUT2D eigenvalue weighted by molar-refractivity contribution is 5.93. The predicted octanol–water partition coefficient (Wildman–Crippen LogP) is 5.89. The van der Waals surface area contributed by atoms with Crippen molar-refractivity contribution in [3.05, 3.63) is 75.9 Å². The summed E-state index contributed by atoms with van der Waals surface area (Å²) >= 11 is 0. The minimum Gasteiger partial charge on any atom is -0.465 e. The molecule has 0 atom stereocenters. The predicted molar refractivity (Wildman–Crippen MR) is 89.6 cm³/mol. The van der Waals surface area contributed by atoms with Gasteiger partial charge in [-0.3, -0.25) is 0 Å². The van der Waals surface area contributed by atoms with Gasteiger partial charge in [0.1, 0.15) is 0 Å². The third-order valence-electron chi connectivity index (χ3n) is 4.53. The van der Waals surface area contributed by atoms with Crippen LogP contribution in [0.15, 0.2) is 42.5 Å². The maximum atomic E-state index is 13.5. The minimum absolute atomic E-state index is 0.120. The molecule has 0 fully saturated rings. The number of methoxy groups -OCH3 is 1. The van der Waals surface area contributed by atoms with E-state index < -0.39 is 29.4 Å². The monoisotopic (exact) mass is 400 g/mol. The van der Waals surface area contributed by atoms with Crippen molar-refractivity contribution in [1.29, 1.82) is 0 Å². The third-order valence-corrected chi connectivity index (χ3v) is 4.53. The topological polar surface area (TPSA) is 26.3 Å². The molecule has 1 aliphatic rings. The number of ether oxygens (including phenoxy) is 1. The molecule has 0 unspecified atom stereocenters. The summed E-state index contributed by atoms with van der Waals surface area (Å²) in [6.07, 6.45) is -7.35. The summed E-state index contributed by atoms with van der Waals surface area (Å²) in [5.41, 5.74) is -1.72. The van der Waals surface area contributed by atoms with Crippen LogP contribution >= 0.6 is 0 Å². The van der Waals surface area contributed by atoms with Crippen LogP contribution in [0.5, 0.6) is 0 Å². The molecule has 1 aliphatic carbocycles. The zero-order chi connectivity index (χ0) is 20.7. The highest BCUT2D eigenvalue weighted by Gasteiger charge is 2.39. The Balaban J connectivity index is 2.20. The Kier molecular flexibility index (Phi) is 4.99. The molecular weight excluding hydrogens is 386 g/mol. The van der Waals surface area contributed by atoms with Crippen LogP contribution in [0, 0.1) is 0 Å². The van der Waals surface area contributed by atoms with Gasteiger partial charge < -0.3 is 4.74 Å². The zero-order valence-corrected chi connectivity index (χ0v) is 14.5. The second kappa shape index (κ2) is 7.00. The molecule has 2 aromatic carbocycles. The molecule has 0 aromatic heterocycles. The molecule has 2 nitrogen and oxygen atoms in total. The quantitative estimate of drug-likeness (QED) is 0.464. The number of esters is 1. The van der Waals surface area contributed by atoms with Crippen molar-refractivity contribution in [3.63, 3.8) is 0 Å². The van der Waals surface area contributed by atoms with Gasteiger partial charge in [-0.2, -0.15) is 26.3 Å². The summed E-state index contributed by atoms with van der Waals surface area (Å²) in [5.74, 6) is -0.656. The van der Waals surface area contributed by atoms with Crippen LogP contribution in [0.4, 0.5) is 26.3 Å². The van der Waals surface area contributed by atoms with Gasteiger partial charge in [-0.15, -0.1) is 0 Å². The van der Waals surface area contributed by atoms with Gasteiger partial charge in [0.25, 0.3) is 0 Å². The maximum Gasteiger partial charge on any atom is 0.417 e. The smallest absolute Gasteiger partial charge is 0.417 e. The van der Waals surface area contributed by atoms with E-state index in [4.69, 9.17) is 0 Å². The number of aryl methyl sites for hydroxylation is 1. The highest BCUT2D eigenvalue weighted by Crippen LogP contribution is 2.42. The Hall–Kier alpha value is -2.77. The second-order valence-corrected chi connectivity index (χ2v) is 6.28. The molecule has 3 rings (SSSR count). The lowest BCUT2D eigenvalue weighted by atomic mass is 9.83. The minimum atomic E-state index is -4.98. The van der Waals surface area contributed by atoms with Crippen LogP contribution < -0.4 is 0 Å². The standard InChI is InChI=1S/C20H14F6O2/c1-28-18(27)12-6-5-11-3-2-4-14(16(11)9-12)15-8-7-13(19(21,22)23)10-17(15)20(24,25)26/h4-10H,2-3H2,1H3. The fraction of sp³-hybridized carbons (Fsp3) is 0.250. The number of halogens is 6. The molecule has 2 aromatic rings. The number of carbonyl (C=O) groups excluding carboxylic acids is 1. The Labute approximate surface area is 156 Å². The van der Waals surface area contributed by atoms with Gasteiger partial charge in [-0.25, -0.2) is 4.79 Å². The number of rotatable bonds is 2. The highest BCUT2D eigenvalue weighted by atomic mass is 19.4. The summed E-state index contributed by atoms with van der Waals surface area (Å²) in [4.78, 5) is 11.8. The van der Waals surface area contributed by atoms with Gasteiger partial charge in [0.05, 0.1) is 23.8 Å². The summed E-state index contributed by atoms with van der Waals surface area (Å²) in [7, 11) is 1.18.